The smallest absolute Gasteiger partial charge is 0.246 e. The van der Waals surface area contributed by atoms with Gasteiger partial charge < -0.3 is 10.0 Å². The minimum Gasteiger partial charge on any atom is -0.386 e. The van der Waals surface area contributed by atoms with Crippen LogP contribution in [0.3, 0.4) is 0 Å². The molecule has 1 saturated carbocycles. The van der Waals surface area contributed by atoms with Crippen molar-refractivity contribution in [1.82, 2.24) is 4.90 Å². The Labute approximate surface area is 78.0 Å². The molecular weight excluding hydrogens is 166 g/mol. The molecule has 2 rings (SSSR count). The van der Waals surface area contributed by atoms with E-state index in [0.717, 1.165) is 12.8 Å². The summed E-state index contributed by atoms with van der Waals surface area (Å²) in [6, 6.07) is 0. The van der Waals surface area contributed by atoms with Crippen molar-refractivity contribution in [3.8, 4) is 0 Å². The predicted molar refractivity (Wildman–Crippen MR) is 49.1 cm³/mol. The van der Waals surface area contributed by atoms with E-state index in [1.165, 1.54) is 0 Å². The Hall–Kier alpha value is -0.830. The van der Waals surface area contributed by atoms with Crippen molar-refractivity contribution in [2.45, 2.75) is 25.4 Å². The van der Waals surface area contributed by atoms with Crippen molar-refractivity contribution < 1.29 is 9.90 Å². The molecule has 3 heteroatoms. The first kappa shape index (κ1) is 8.75. The molecule has 0 spiro atoms. The number of rotatable bonds is 2. The number of allylic oxidation sites excluding steroid dienone is 1. The molecule has 1 aliphatic heterocycles. The molecule has 0 aromatic carbocycles. The number of carbonyl (C=O) groups is 1. The van der Waals surface area contributed by atoms with Gasteiger partial charge in [0.05, 0.1) is 13.1 Å². The minimum absolute atomic E-state index is 0.0211. The molecule has 1 aliphatic carbocycles. The molecule has 2 aliphatic rings. The molecule has 0 aromatic rings. The number of carbonyl (C=O) groups excluding carboxylic acids is 1. The molecule has 72 valence electrons. The quantitative estimate of drug-likeness (QED) is 0.632. The van der Waals surface area contributed by atoms with Crippen LogP contribution in [-0.2, 0) is 4.79 Å². The molecule has 0 atom stereocenters. The number of likely N-dealkylation sites (tertiary alicyclic amines) is 1. The highest BCUT2D eigenvalue weighted by atomic mass is 16.3. The second kappa shape index (κ2) is 2.84. The second-order valence-electron chi connectivity index (χ2n) is 4.07. The third kappa shape index (κ3) is 1.48. The zero-order valence-corrected chi connectivity index (χ0v) is 7.86. The normalized spacial score (nSPS) is 26.2. The van der Waals surface area contributed by atoms with Gasteiger partial charge in [-0.25, -0.2) is 0 Å². The van der Waals surface area contributed by atoms with E-state index in [4.69, 9.17) is 0 Å². The summed E-state index contributed by atoms with van der Waals surface area (Å²) in [5.41, 5.74) is -0.544. The first-order valence-electron chi connectivity index (χ1n) is 4.80. The molecule has 0 radical (unpaired) electrons. The molecule has 1 saturated heterocycles. The van der Waals surface area contributed by atoms with Crippen LogP contribution in [0.4, 0.5) is 0 Å². The molecule has 13 heavy (non-hydrogen) atoms. The summed E-state index contributed by atoms with van der Waals surface area (Å²) in [6.45, 7) is 2.88. The van der Waals surface area contributed by atoms with E-state index >= 15 is 0 Å². The minimum atomic E-state index is -0.544. The lowest BCUT2D eigenvalue weighted by Gasteiger charge is -2.46. The zero-order valence-electron chi connectivity index (χ0n) is 7.86. The standard InChI is InChI=1S/C10H15NO2/c1-2-3-9(12)11-6-10(13,7-11)8-4-5-8/h2-3,8,13H,4-7H2,1H3. The molecule has 0 aromatic heterocycles. The van der Waals surface area contributed by atoms with Crippen LogP contribution in [0.25, 0.3) is 0 Å². The first-order chi connectivity index (χ1) is 6.15. The van der Waals surface area contributed by atoms with E-state index in [1.807, 2.05) is 6.92 Å². The van der Waals surface area contributed by atoms with Crippen molar-refractivity contribution in [3.05, 3.63) is 12.2 Å². The summed E-state index contributed by atoms with van der Waals surface area (Å²) in [6.07, 6.45) is 5.54. The lowest BCUT2D eigenvalue weighted by molar-refractivity contribution is -0.154. The topological polar surface area (TPSA) is 40.5 Å². The van der Waals surface area contributed by atoms with Gasteiger partial charge in [0, 0.05) is 0 Å². The zero-order chi connectivity index (χ0) is 9.47. The highest BCUT2D eigenvalue weighted by Crippen LogP contribution is 2.44. The van der Waals surface area contributed by atoms with Crippen molar-refractivity contribution in [2.75, 3.05) is 13.1 Å². The SMILES string of the molecule is CC=CC(=O)N1CC(O)(C2CC2)C1. The van der Waals surface area contributed by atoms with Gasteiger partial charge in [-0.05, 0) is 31.8 Å². The number of hydrogen-bond acceptors (Lipinski definition) is 2. The van der Waals surface area contributed by atoms with Crippen molar-refractivity contribution in [1.29, 1.82) is 0 Å². The predicted octanol–water partition coefficient (Wildman–Crippen LogP) is 0.546. The third-order valence-electron chi connectivity index (χ3n) is 2.89. The van der Waals surface area contributed by atoms with Gasteiger partial charge in [0.2, 0.25) is 5.91 Å². The number of hydrogen-bond donors (Lipinski definition) is 1. The van der Waals surface area contributed by atoms with Gasteiger partial charge in [-0.15, -0.1) is 0 Å². The Morgan fingerprint density at radius 3 is 2.62 bits per heavy atom. The van der Waals surface area contributed by atoms with E-state index in [9.17, 15) is 9.90 Å². The van der Waals surface area contributed by atoms with Crippen molar-refractivity contribution >= 4 is 5.91 Å². The summed E-state index contributed by atoms with van der Waals surface area (Å²) in [5.74, 6) is 0.481. The van der Waals surface area contributed by atoms with Crippen LogP contribution in [-0.4, -0.2) is 34.6 Å². The maximum absolute atomic E-state index is 11.3. The van der Waals surface area contributed by atoms with Gasteiger partial charge in [-0.2, -0.15) is 0 Å². The summed E-state index contributed by atoms with van der Waals surface area (Å²) in [7, 11) is 0. The maximum atomic E-state index is 11.3. The molecule has 1 N–H and O–H groups in total. The average Bonchev–Trinajstić information content (AvgIpc) is 2.81. The number of β-amino-alcohol motifs (C(OH)–C–C–N with tert-alkyl or cyclic N) is 1. The van der Waals surface area contributed by atoms with E-state index in [2.05, 4.69) is 0 Å². The highest BCUT2D eigenvalue weighted by Gasteiger charge is 2.52. The van der Waals surface area contributed by atoms with Crippen molar-refractivity contribution in [2.24, 2.45) is 5.92 Å². The molecule has 0 bridgehead atoms. The Kier molecular flexibility index (Phi) is 1.91. The largest absolute Gasteiger partial charge is 0.386 e. The van der Waals surface area contributed by atoms with Gasteiger partial charge in [0.15, 0.2) is 0 Å². The molecule has 2 fully saturated rings. The lowest BCUT2D eigenvalue weighted by Crippen LogP contribution is -2.64. The fourth-order valence-corrected chi connectivity index (χ4v) is 1.90. The Bertz CT molecular complexity index is 250. The fraction of sp³-hybridized carbons (Fsp3) is 0.700. The van der Waals surface area contributed by atoms with Crippen molar-refractivity contribution in [3.63, 3.8) is 0 Å². The second-order valence-corrected chi connectivity index (χ2v) is 4.07. The molecule has 1 amide bonds. The Balaban J connectivity index is 1.86. The van der Waals surface area contributed by atoms with E-state index in [1.54, 1.807) is 17.1 Å². The lowest BCUT2D eigenvalue weighted by atomic mass is 9.89. The molecular formula is C10H15NO2. The summed E-state index contributed by atoms with van der Waals surface area (Å²) >= 11 is 0. The van der Waals surface area contributed by atoms with Crippen LogP contribution in [0.2, 0.25) is 0 Å². The van der Waals surface area contributed by atoms with Crippen LogP contribution in [0.1, 0.15) is 19.8 Å². The summed E-state index contributed by atoms with van der Waals surface area (Å²) in [4.78, 5) is 13.0. The molecule has 0 unspecified atom stereocenters. The van der Waals surface area contributed by atoms with Crippen LogP contribution < -0.4 is 0 Å². The van der Waals surface area contributed by atoms with E-state index in [-0.39, 0.29) is 5.91 Å². The molecule has 1 heterocycles. The summed E-state index contributed by atoms with van der Waals surface area (Å²) in [5, 5.41) is 9.92. The van der Waals surface area contributed by atoms with Gasteiger partial charge in [0.25, 0.3) is 0 Å². The van der Waals surface area contributed by atoms with E-state index < -0.39 is 5.60 Å². The maximum Gasteiger partial charge on any atom is 0.246 e. The van der Waals surface area contributed by atoms with Crippen LogP contribution >= 0.6 is 0 Å². The number of aliphatic hydroxyl groups is 1. The average molecular weight is 181 g/mol. The number of amides is 1. The van der Waals surface area contributed by atoms with Crippen LogP contribution in [0.5, 0.6) is 0 Å². The number of nitrogens with zero attached hydrogens (tertiary/aromatic N) is 1. The van der Waals surface area contributed by atoms with Gasteiger partial charge in [-0.3, -0.25) is 4.79 Å². The van der Waals surface area contributed by atoms with Crippen LogP contribution in [0.15, 0.2) is 12.2 Å². The third-order valence-corrected chi connectivity index (χ3v) is 2.89. The van der Waals surface area contributed by atoms with Gasteiger partial charge in [-0.1, -0.05) is 6.08 Å². The highest BCUT2D eigenvalue weighted by molar-refractivity contribution is 5.88. The van der Waals surface area contributed by atoms with Crippen LogP contribution in [0, 0.1) is 5.92 Å². The van der Waals surface area contributed by atoms with Gasteiger partial charge >= 0.3 is 0 Å². The first-order valence-corrected chi connectivity index (χ1v) is 4.80. The fourth-order valence-electron chi connectivity index (χ4n) is 1.90. The monoisotopic (exact) mass is 181 g/mol. The Morgan fingerprint density at radius 1 is 1.54 bits per heavy atom. The Morgan fingerprint density at radius 2 is 2.15 bits per heavy atom. The van der Waals surface area contributed by atoms with E-state index in [0.29, 0.717) is 19.0 Å². The summed E-state index contributed by atoms with van der Waals surface area (Å²) < 4.78 is 0. The molecule has 3 nitrogen and oxygen atoms in total. The van der Waals surface area contributed by atoms with Gasteiger partial charge in [0.1, 0.15) is 5.60 Å².